The Hall–Kier alpha value is -2.82. The lowest BCUT2D eigenvalue weighted by molar-refractivity contribution is -0.138. The van der Waals surface area contributed by atoms with Crippen LogP contribution in [0.1, 0.15) is 34.3 Å². The molecule has 5 nitrogen and oxygen atoms in total. The van der Waals surface area contributed by atoms with Gasteiger partial charge in [0, 0.05) is 0 Å². The number of carbonyl (C=O) groups is 2. The van der Waals surface area contributed by atoms with Crippen LogP contribution >= 0.6 is 0 Å². The fourth-order valence-corrected chi connectivity index (χ4v) is 2.33. The molecule has 2 aromatic rings. The number of rotatable bonds is 7. The molecule has 0 saturated heterocycles. The van der Waals surface area contributed by atoms with Gasteiger partial charge in [-0.05, 0) is 48.7 Å². The molecule has 5 heteroatoms. The van der Waals surface area contributed by atoms with Crippen LogP contribution in [0.15, 0.2) is 48.5 Å². The molecule has 0 aromatic heterocycles. The summed E-state index contributed by atoms with van der Waals surface area (Å²) in [6.45, 7) is 2.47. The van der Waals surface area contributed by atoms with Gasteiger partial charge in [-0.3, -0.25) is 4.79 Å². The van der Waals surface area contributed by atoms with Gasteiger partial charge in [0.1, 0.15) is 5.75 Å². The highest BCUT2D eigenvalue weighted by Gasteiger charge is 2.20. The molecule has 120 valence electrons. The summed E-state index contributed by atoms with van der Waals surface area (Å²) >= 11 is 0. The lowest BCUT2D eigenvalue weighted by Gasteiger charge is -2.13. The Morgan fingerprint density at radius 2 is 1.61 bits per heavy atom. The summed E-state index contributed by atoms with van der Waals surface area (Å²) in [4.78, 5) is 22.4. The van der Waals surface area contributed by atoms with E-state index in [1.165, 1.54) is 12.1 Å². The van der Waals surface area contributed by atoms with Gasteiger partial charge >= 0.3 is 11.9 Å². The van der Waals surface area contributed by atoms with Crippen LogP contribution in [0, 0.1) is 0 Å². The van der Waals surface area contributed by atoms with Crippen LogP contribution < -0.4 is 4.74 Å². The molecule has 0 amide bonds. The number of carboxylic acid groups (broad SMARTS) is 2. The molecule has 2 N–H and O–H groups in total. The van der Waals surface area contributed by atoms with Gasteiger partial charge in [-0.2, -0.15) is 0 Å². The molecule has 0 radical (unpaired) electrons. The van der Waals surface area contributed by atoms with Crippen molar-refractivity contribution in [3.05, 3.63) is 65.2 Å². The Kier molecular flexibility index (Phi) is 5.36. The van der Waals surface area contributed by atoms with Crippen LogP contribution in [-0.2, 0) is 11.2 Å². The quantitative estimate of drug-likeness (QED) is 0.820. The lowest BCUT2D eigenvalue weighted by Crippen LogP contribution is -2.14. The third-order valence-electron chi connectivity index (χ3n) is 3.53. The van der Waals surface area contributed by atoms with E-state index in [9.17, 15) is 14.7 Å². The van der Waals surface area contributed by atoms with Crippen LogP contribution in [0.4, 0.5) is 0 Å². The van der Waals surface area contributed by atoms with Gasteiger partial charge in [0.15, 0.2) is 0 Å². The Bertz CT molecular complexity index is 674. The van der Waals surface area contributed by atoms with Crippen molar-refractivity contribution in [2.75, 3.05) is 6.61 Å². The molecular weight excluding hydrogens is 296 g/mol. The Morgan fingerprint density at radius 1 is 1.00 bits per heavy atom. The largest absolute Gasteiger partial charge is 0.494 e. The highest BCUT2D eigenvalue weighted by Crippen LogP contribution is 2.23. The summed E-state index contributed by atoms with van der Waals surface area (Å²) in [5, 5.41) is 18.4. The van der Waals surface area contributed by atoms with Crippen molar-refractivity contribution < 1.29 is 24.5 Å². The molecule has 0 aliphatic heterocycles. The maximum absolute atomic E-state index is 11.6. The summed E-state index contributed by atoms with van der Waals surface area (Å²) in [5.74, 6) is -1.96. The van der Waals surface area contributed by atoms with Crippen molar-refractivity contribution in [1.29, 1.82) is 0 Å². The van der Waals surface area contributed by atoms with Crippen molar-refractivity contribution >= 4 is 11.9 Å². The summed E-state index contributed by atoms with van der Waals surface area (Å²) < 4.78 is 5.36. The van der Waals surface area contributed by atoms with E-state index < -0.39 is 17.9 Å². The molecule has 0 saturated carbocycles. The predicted molar refractivity (Wildman–Crippen MR) is 85.1 cm³/mol. The van der Waals surface area contributed by atoms with Crippen molar-refractivity contribution in [2.45, 2.75) is 19.3 Å². The third-order valence-corrected chi connectivity index (χ3v) is 3.53. The minimum Gasteiger partial charge on any atom is -0.494 e. The molecular formula is C18H18O5. The Labute approximate surface area is 134 Å². The smallest absolute Gasteiger partial charge is 0.335 e. The standard InChI is InChI=1S/C18H18O5/c1-2-23-15-9-3-12(4-10-15)11-16(18(21)22)13-5-7-14(8-6-13)17(19)20/h3-10,16H,2,11H2,1H3,(H,19,20)(H,21,22). The van der Waals surface area contributed by atoms with E-state index in [1.54, 1.807) is 12.1 Å². The SMILES string of the molecule is CCOc1ccc(CC(C(=O)O)c2ccc(C(=O)O)cc2)cc1. The molecule has 1 unspecified atom stereocenters. The molecule has 0 fully saturated rings. The van der Waals surface area contributed by atoms with Gasteiger partial charge in [-0.25, -0.2) is 4.79 Å². The minimum absolute atomic E-state index is 0.138. The van der Waals surface area contributed by atoms with Gasteiger partial charge in [0.25, 0.3) is 0 Å². The summed E-state index contributed by atoms with van der Waals surface area (Å²) in [5.41, 5.74) is 1.60. The molecule has 2 rings (SSSR count). The average Bonchev–Trinajstić information content (AvgIpc) is 2.54. The van der Waals surface area contributed by atoms with E-state index in [2.05, 4.69) is 0 Å². The zero-order chi connectivity index (χ0) is 16.8. The molecule has 2 aromatic carbocycles. The van der Waals surface area contributed by atoms with E-state index in [-0.39, 0.29) is 5.56 Å². The Balaban J connectivity index is 2.18. The predicted octanol–water partition coefficient (Wildman–Crippen LogP) is 3.19. The highest BCUT2D eigenvalue weighted by atomic mass is 16.5. The maximum Gasteiger partial charge on any atom is 0.335 e. The average molecular weight is 314 g/mol. The Morgan fingerprint density at radius 3 is 2.09 bits per heavy atom. The van der Waals surface area contributed by atoms with Crippen molar-refractivity contribution in [3.8, 4) is 5.75 Å². The number of benzene rings is 2. The van der Waals surface area contributed by atoms with Gasteiger partial charge in [-0.1, -0.05) is 24.3 Å². The van der Waals surface area contributed by atoms with Crippen LogP contribution in [-0.4, -0.2) is 28.8 Å². The molecule has 0 heterocycles. The monoisotopic (exact) mass is 314 g/mol. The van der Waals surface area contributed by atoms with Crippen LogP contribution in [0.2, 0.25) is 0 Å². The van der Waals surface area contributed by atoms with Crippen molar-refractivity contribution in [2.24, 2.45) is 0 Å². The van der Waals surface area contributed by atoms with Gasteiger partial charge in [0.05, 0.1) is 18.1 Å². The molecule has 0 spiro atoms. The molecule has 0 bridgehead atoms. The first-order chi connectivity index (χ1) is 11.0. The molecule has 23 heavy (non-hydrogen) atoms. The summed E-state index contributed by atoms with van der Waals surface area (Å²) in [7, 11) is 0. The van der Waals surface area contributed by atoms with Crippen LogP contribution in [0.25, 0.3) is 0 Å². The first-order valence-electron chi connectivity index (χ1n) is 7.29. The van der Waals surface area contributed by atoms with Crippen LogP contribution in [0.5, 0.6) is 5.75 Å². The van der Waals surface area contributed by atoms with Gasteiger partial charge in [0.2, 0.25) is 0 Å². The lowest BCUT2D eigenvalue weighted by atomic mass is 9.91. The number of aromatic carboxylic acids is 1. The zero-order valence-electron chi connectivity index (χ0n) is 12.7. The summed E-state index contributed by atoms with van der Waals surface area (Å²) in [6.07, 6.45) is 0.328. The first kappa shape index (κ1) is 16.5. The molecule has 0 aliphatic rings. The minimum atomic E-state index is -1.03. The molecule has 0 aliphatic carbocycles. The maximum atomic E-state index is 11.6. The number of ether oxygens (including phenoxy) is 1. The normalized spacial score (nSPS) is 11.7. The second-order valence-electron chi connectivity index (χ2n) is 5.10. The van der Waals surface area contributed by atoms with E-state index in [1.807, 2.05) is 31.2 Å². The number of carboxylic acids is 2. The number of aliphatic carboxylic acids is 1. The van der Waals surface area contributed by atoms with Gasteiger partial charge < -0.3 is 14.9 Å². The second kappa shape index (κ2) is 7.45. The van der Waals surface area contributed by atoms with E-state index in [0.717, 1.165) is 11.3 Å². The summed E-state index contributed by atoms with van der Waals surface area (Å²) in [6, 6.07) is 13.3. The fourth-order valence-electron chi connectivity index (χ4n) is 2.33. The second-order valence-corrected chi connectivity index (χ2v) is 5.10. The van der Waals surface area contributed by atoms with E-state index >= 15 is 0 Å². The van der Waals surface area contributed by atoms with E-state index in [0.29, 0.717) is 18.6 Å². The van der Waals surface area contributed by atoms with Crippen molar-refractivity contribution in [3.63, 3.8) is 0 Å². The van der Waals surface area contributed by atoms with Gasteiger partial charge in [-0.15, -0.1) is 0 Å². The first-order valence-corrected chi connectivity index (χ1v) is 7.29. The topological polar surface area (TPSA) is 83.8 Å². The van der Waals surface area contributed by atoms with E-state index in [4.69, 9.17) is 9.84 Å². The number of hydrogen-bond donors (Lipinski definition) is 2. The fraction of sp³-hybridized carbons (Fsp3) is 0.222. The number of hydrogen-bond acceptors (Lipinski definition) is 3. The van der Waals surface area contributed by atoms with Crippen LogP contribution in [0.3, 0.4) is 0 Å². The van der Waals surface area contributed by atoms with Crippen molar-refractivity contribution in [1.82, 2.24) is 0 Å². The highest BCUT2D eigenvalue weighted by molar-refractivity contribution is 5.87. The molecule has 1 atom stereocenters. The third kappa shape index (κ3) is 4.32. The zero-order valence-corrected chi connectivity index (χ0v) is 12.7.